The zero-order chi connectivity index (χ0) is 14.6. The maximum atomic E-state index is 12.3. The minimum Gasteiger partial charge on any atom is -0.396 e. The summed E-state index contributed by atoms with van der Waals surface area (Å²) < 4.78 is 27.6. The molecule has 4 bridgehead atoms. The number of rotatable bonds is 5. The monoisotopic (exact) mass is 301 g/mol. The van der Waals surface area contributed by atoms with Gasteiger partial charge in [-0.2, -0.15) is 0 Å². The highest BCUT2D eigenvalue weighted by atomic mass is 32.2. The summed E-state index contributed by atoms with van der Waals surface area (Å²) in [5, 5.41) is 8.85. The molecule has 0 radical (unpaired) electrons. The molecule has 2 atom stereocenters. The summed E-state index contributed by atoms with van der Waals surface area (Å²) in [6.45, 7) is 4.62. The number of sulfonamides is 1. The summed E-state index contributed by atoms with van der Waals surface area (Å²) in [5.41, 5.74) is 0.415. The maximum absolute atomic E-state index is 12.3. The molecule has 0 amide bonds. The summed E-state index contributed by atoms with van der Waals surface area (Å²) in [7, 11) is -3.27. The van der Waals surface area contributed by atoms with E-state index in [1.807, 2.05) is 0 Å². The van der Waals surface area contributed by atoms with E-state index in [9.17, 15) is 8.42 Å². The van der Waals surface area contributed by atoms with Crippen molar-refractivity contribution >= 4 is 10.0 Å². The van der Waals surface area contributed by atoms with Crippen LogP contribution in [0.15, 0.2) is 0 Å². The molecule has 4 fully saturated rings. The van der Waals surface area contributed by atoms with E-state index >= 15 is 0 Å². The molecular weight excluding hydrogens is 274 g/mol. The average molecular weight is 301 g/mol. The average Bonchev–Trinajstić information content (AvgIpc) is 2.19. The Balaban J connectivity index is 1.82. The van der Waals surface area contributed by atoms with Crippen LogP contribution in [0.3, 0.4) is 0 Å². The van der Waals surface area contributed by atoms with Crippen LogP contribution in [0.25, 0.3) is 0 Å². The van der Waals surface area contributed by atoms with E-state index < -0.39 is 10.0 Å². The fourth-order valence-electron chi connectivity index (χ4n) is 6.20. The number of aliphatic hydroxyl groups excluding tert-OH is 1. The number of nitrogens with one attached hydrogen (secondary N) is 1. The summed E-state index contributed by atoms with van der Waals surface area (Å²) >= 11 is 0. The van der Waals surface area contributed by atoms with E-state index in [1.54, 1.807) is 0 Å². The van der Waals surface area contributed by atoms with Crippen molar-refractivity contribution in [3.05, 3.63) is 0 Å². The molecule has 4 nitrogen and oxygen atoms in total. The molecule has 4 rings (SSSR count). The van der Waals surface area contributed by atoms with Gasteiger partial charge in [-0.1, -0.05) is 13.8 Å². The third-order valence-corrected chi connectivity index (χ3v) is 7.14. The highest BCUT2D eigenvalue weighted by molar-refractivity contribution is 7.89. The molecule has 0 spiro atoms. The molecule has 4 saturated carbocycles. The van der Waals surface area contributed by atoms with Crippen LogP contribution in [0.4, 0.5) is 0 Å². The van der Waals surface area contributed by atoms with E-state index in [0.717, 1.165) is 19.3 Å². The molecule has 116 valence electrons. The molecule has 5 heteroatoms. The van der Waals surface area contributed by atoms with Crippen molar-refractivity contribution in [3.8, 4) is 0 Å². The molecule has 0 aliphatic heterocycles. The van der Waals surface area contributed by atoms with Gasteiger partial charge < -0.3 is 5.11 Å². The number of hydrogen-bond donors (Lipinski definition) is 2. The van der Waals surface area contributed by atoms with E-state index in [4.69, 9.17) is 5.11 Å². The Morgan fingerprint density at radius 2 is 1.70 bits per heavy atom. The lowest BCUT2D eigenvalue weighted by atomic mass is 9.43. The van der Waals surface area contributed by atoms with Gasteiger partial charge >= 0.3 is 0 Å². The van der Waals surface area contributed by atoms with E-state index in [2.05, 4.69) is 18.6 Å². The van der Waals surface area contributed by atoms with Crippen molar-refractivity contribution in [1.29, 1.82) is 0 Å². The largest absolute Gasteiger partial charge is 0.396 e. The summed E-state index contributed by atoms with van der Waals surface area (Å²) in [4.78, 5) is 0. The first-order valence-corrected chi connectivity index (χ1v) is 9.45. The van der Waals surface area contributed by atoms with Crippen LogP contribution < -0.4 is 4.72 Å². The Morgan fingerprint density at radius 3 is 2.20 bits per heavy atom. The minimum atomic E-state index is -3.27. The first-order chi connectivity index (χ1) is 9.17. The van der Waals surface area contributed by atoms with Gasteiger partial charge in [-0.25, -0.2) is 13.1 Å². The molecule has 4 aliphatic rings. The van der Waals surface area contributed by atoms with Crippen LogP contribution in [-0.4, -0.2) is 31.4 Å². The van der Waals surface area contributed by atoms with Gasteiger partial charge in [0.25, 0.3) is 0 Å². The summed E-state index contributed by atoms with van der Waals surface area (Å²) in [6.07, 6.45) is 7.09. The second-order valence-corrected chi connectivity index (χ2v) is 10.3. The van der Waals surface area contributed by atoms with Crippen LogP contribution in [0, 0.1) is 16.7 Å². The van der Waals surface area contributed by atoms with Gasteiger partial charge in [0, 0.05) is 12.1 Å². The molecule has 4 aliphatic carbocycles. The standard InChI is InChI=1S/C15H27NO3S/c1-13-6-12-7-14(2,9-13)11-15(8-12,10-13)16-20(18,19)5-3-4-17/h12,16-17H,3-11H2,1-2H3. The molecular formula is C15H27NO3S. The quantitative estimate of drug-likeness (QED) is 0.816. The molecule has 2 N–H and O–H groups in total. The lowest BCUT2D eigenvalue weighted by molar-refractivity contribution is -0.110. The van der Waals surface area contributed by atoms with Crippen molar-refractivity contribution in [1.82, 2.24) is 4.72 Å². The Bertz CT molecular complexity index is 483. The lowest BCUT2D eigenvalue weighted by Gasteiger charge is -2.65. The molecule has 2 unspecified atom stereocenters. The Hall–Kier alpha value is -0.130. The Kier molecular flexibility index (Phi) is 3.28. The van der Waals surface area contributed by atoms with E-state index in [0.29, 0.717) is 23.2 Å². The molecule has 0 heterocycles. The second-order valence-electron chi connectivity index (χ2n) is 8.41. The molecule has 0 aromatic rings. The van der Waals surface area contributed by atoms with Crippen LogP contribution in [0.2, 0.25) is 0 Å². The SMILES string of the molecule is CC12CC3CC(C)(C1)CC(NS(=O)(=O)CCCO)(C3)C2. The zero-order valence-corrected chi connectivity index (χ0v) is 13.4. The second kappa shape index (κ2) is 4.43. The first kappa shape index (κ1) is 14.8. The van der Waals surface area contributed by atoms with Crippen LogP contribution in [-0.2, 0) is 10.0 Å². The first-order valence-electron chi connectivity index (χ1n) is 7.80. The zero-order valence-electron chi connectivity index (χ0n) is 12.6. The third kappa shape index (κ3) is 2.64. The van der Waals surface area contributed by atoms with Gasteiger partial charge in [0.1, 0.15) is 0 Å². The molecule has 0 aromatic heterocycles. The number of hydrogen-bond acceptors (Lipinski definition) is 3. The normalized spacial score (nSPS) is 46.9. The van der Waals surface area contributed by atoms with E-state index in [-0.39, 0.29) is 17.9 Å². The van der Waals surface area contributed by atoms with Gasteiger partial charge in [-0.15, -0.1) is 0 Å². The van der Waals surface area contributed by atoms with Crippen molar-refractivity contribution in [2.75, 3.05) is 12.4 Å². The lowest BCUT2D eigenvalue weighted by Crippen LogP contribution is -2.65. The summed E-state index contributed by atoms with van der Waals surface area (Å²) in [5.74, 6) is 0.727. The third-order valence-electron chi connectivity index (χ3n) is 5.57. The van der Waals surface area contributed by atoms with E-state index in [1.165, 1.54) is 19.3 Å². The van der Waals surface area contributed by atoms with Crippen molar-refractivity contribution in [2.45, 2.75) is 64.3 Å². The summed E-state index contributed by atoms with van der Waals surface area (Å²) in [6, 6.07) is 0. The van der Waals surface area contributed by atoms with Gasteiger partial charge in [0.15, 0.2) is 0 Å². The van der Waals surface area contributed by atoms with Crippen LogP contribution in [0.5, 0.6) is 0 Å². The van der Waals surface area contributed by atoms with Crippen LogP contribution >= 0.6 is 0 Å². The van der Waals surface area contributed by atoms with Crippen molar-refractivity contribution in [2.24, 2.45) is 16.7 Å². The number of aliphatic hydroxyl groups is 1. The van der Waals surface area contributed by atoms with Gasteiger partial charge in [-0.3, -0.25) is 0 Å². The molecule has 0 saturated heterocycles. The smallest absolute Gasteiger partial charge is 0.212 e. The Labute approximate surface area is 122 Å². The molecule has 20 heavy (non-hydrogen) atoms. The fraction of sp³-hybridized carbons (Fsp3) is 1.00. The maximum Gasteiger partial charge on any atom is 0.212 e. The highest BCUT2D eigenvalue weighted by Gasteiger charge is 2.60. The van der Waals surface area contributed by atoms with Crippen molar-refractivity contribution in [3.63, 3.8) is 0 Å². The van der Waals surface area contributed by atoms with Gasteiger partial charge in [0.05, 0.1) is 5.75 Å². The van der Waals surface area contributed by atoms with Gasteiger partial charge in [0.2, 0.25) is 10.0 Å². The predicted molar refractivity (Wildman–Crippen MR) is 78.8 cm³/mol. The predicted octanol–water partition coefficient (Wildman–Crippen LogP) is 2.04. The van der Waals surface area contributed by atoms with Gasteiger partial charge in [-0.05, 0) is 61.7 Å². The fourth-order valence-corrected chi connectivity index (χ4v) is 7.70. The molecule has 0 aromatic carbocycles. The highest BCUT2D eigenvalue weighted by Crippen LogP contribution is 2.66. The Morgan fingerprint density at radius 1 is 1.10 bits per heavy atom. The topological polar surface area (TPSA) is 66.4 Å². The van der Waals surface area contributed by atoms with Crippen molar-refractivity contribution < 1.29 is 13.5 Å². The van der Waals surface area contributed by atoms with Crippen LogP contribution in [0.1, 0.15) is 58.8 Å². The minimum absolute atomic E-state index is 0.0450.